The van der Waals surface area contributed by atoms with Crippen molar-refractivity contribution >= 4 is 16.5 Å². The van der Waals surface area contributed by atoms with Gasteiger partial charge >= 0.3 is 0 Å². The average Bonchev–Trinajstić information content (AvgIpc) is 2.62. The standard InChI is InChI=1S/C10H19N3OS/c1-10(2,6-11)7-8(14-5)12-9(15-7)13(3)4/h6,11H2,1-5H3. The molecule has 2 N–H and O–H groups in total. The number of hydrogen-bond donors (Lipinski definition) is 1. The van der Waals surface area contributed by atoms with E-state index < -0.39 is 0 Å². The van der Waals surface area contributed by atoms with E-state index in [0.29, 0.717) is 12.4 Å². The van der Waals surface area contributed by atoms with Crippen molar-refractivity contribution in [1.82, 2.24) is 4.98 Å². The van der Waals surface area contributed by atoms with Crippen molar-refractivity contribution < 1.29 is 4.74 Å². The molecule has 0 aliphatic rings. The van der Waals surface area contributed by atoms with Gasteiger partial charge in [-0.2, -0.15) is 4.98 Å². The summed E-state index contributed by atoms with van der Waals surface area (Å²) in [5.41, 5.74) is 5.67. The molecule has 0 atom stereocenters. The van der Waals surface area contributed by atoms with Crippen LogP contribution < -0.4 is 15.4 Å². The van der Waals surface area contributed by atoms with Crippen LogP contribution in [-0.2, 0) is 5.41 Å². The quantitative estimate of drug-likeness (QED) is 0.849. The summed E-state index contributed by atoms with van der Waals surface area (Å²) in [6.07, 6.45) is 0. The Morgan fingerprint density at radius 1 is 1.47 bits per heavy atom. The third-order valence-corrected chi connectivity index (χ3v) is 3.86. The smallest absolute Gasteiger partial charge is 0.229 e. The zero-order valence-corrected chi connectivity index (χ0v) is 10.8. The maximum atomic E-state index is 5.76. The molecular weight excluding hydrogens is 210 g/mol. The summed E-state index contributed by atoms with van der Waals surface area (Å²) in [6.45, 7) is 4.78. The van der Waals surface area contributed by atoms with Gasteiger partial charge in [0.25, 0.3) is 0 Å². The Balaban J connectivity index is 3.16. The topological polar surface area (TPSA) is 51.4 Å². The van der Waals surface area contributed by atoms with Gasteiger partial charge in [0.2, 0.25) is 5.88 Å². The van der Waals surface area contributed by atoms with Gasteiger partial charge in [0.15, 0.2) is 5.13 Å². The number of anilines is 1. The summed E-state index contributed by atoms with van der Waals surface area (Å²) < 4.78 is 5.28. The van der Waals surface area contributed by atoms with Gasteiger partial charge in [-0.05, 0) is 0 Å². The fraction of sp³-hybridized carbons (Fsp3) is 0.700. The number of nitrogens with two attached hydrogens (primary N) is 1. The SMILES string of the molecule is COc1nc(N(C)C)sc1C(C)(C)CN. The van der Waals surface area contributed by atoms with Crippen LogP contribution in [0.3, 0.4) is 0 Å². The molecular formula is C10H19N3OS. The minimum Gasteiger partial charge on any atom is -0.480 e. The minimum atomic E-state index is -0.0860. The van der Waals surface area contributed by atoms with Crippen LogP contribution in [0.15, 0.2) is 0 Å². The molecule has 0 fully saturated rings. The van der Waals surface area contributed by atoms with E-state index in [-0.39, 0.29) is 5.41 Å². The van der Waals surface area contributed by atoms with Gasteiger partial charge in [-0.25, -0.2) is 0 Å². The molecule has 4 nitrogen and oxygen atoms in total. The summed E-state index contributed by atoms with van der Waals surface area (Å²) in [4.78, 5) is 7.49. The number of hydrogen-bond acceptors (Lipinski definition) is 5. The highest BCUT2D eigenvalue weighted by Crippen LogP contribution is 2.38. The second-order valence-corrected chi connectivity index (χ2v) is 5.29. The lowest BCUT2D eigenvalue weighted by atomic mass is 9.92. The second-order valence-electron chi connectivity index (χ2n) is 4.32. The van der Waals surface area contributed by atoms with Crippen LogP contribution in [0.1, 0.15) is 18.7 Å². The van der Waals surface area contributed by atoms with Crippen LogP contribution in [0.2, 0.25) is 0 Å². The minimum absolute atomic E-state index is 0.0860. The van der Waals surface area contributed by atoms with Gasteiger partial charge in [0, 0.05) is 26.1 Å². The summed E-state index contributed by atoms with van der Waals surface area (Å²) >= 11 is 1.63. The Morgan fingerprint density at radius 3 is 2.47 bits per heavy atom. The first-order valence-electron chi connectivity index (χ1n) is 4.85. The van der Waals surface area contributed by atoms with Crippen molar-refractivity contribution in [2.45, 2.75) is 19.3 Å². The highest BCUT2D eigenvalue weighted by atomic mass is 32.1. The Morgan fingerprint density at radius 2 is 2.07 bits per heavy atom. The van der Waals surface area contributed by atoms with E-state index in [1.807, 2.05) is 19.0 Å². The average molecular weight is 229 g/mol. The highest BCUT2D eigenvalue weighted by Gasteiger charge is 2.27. The van der Waals surface area contributed by atoms with Crippen LogP contribution in [0, 0.1) is 0 Å². The zero-order valence-electron chi connectivity index (χ0n) is 10.00. The van der Waals surface area contributed by atoms with Gasteiger partial charge in [-0.15, -0.1) is 0 Å². The zero-order chi connectivity index (χ0) is 11.6. The molecule has 1 aromatic heterocycles. The summed E-state index contributed by atoms with van der Waals surface area (Å²) in [5, 5.41) is 0.948. The molecule has 0 aromatic carbocycles. The van der Waals surface area contributed by atoms with Crippen molar-refractivity contribution in [2.75, 3.05) is 32.6 Å². The van der Waals surface area contributed by atoms with Gasteiger partial charge < -0.3 is 15.4 Å². The number of thiazole rings is 1. The van der Waals surface area contributed by atoms with Crippen molar-refractivity contribution in [2.24, 2.45) is 5.73 Å². The molecule has 1 rings (SSSR count). The van der Waals surface area contributed by atoms with Crippen LogP contribution in [0.25, 0.3) is 0 Å². The molecule has 86 valence electrons. The van der Waals surface area contributed by atoms with E-state index in [1.165, 1.54) is 0 Å². The normalized spacial score (nSPS) is 11.6. The third kappa shape index (κ3) is 2.41. The van der Waals surface area contributed by atoms with Crippen LogP contribution in [0.5, 0.6) is 5.88 Å². The number of aromatic nitrogens is 1. The second kappa shape index (κ2) is 4.37. The van der Waals surface area contributed by atoms with Gasteiger partial charge in [-0.3, -0.25) is 0 Å². The van der Waals surface area contributed by atoms with E-state index >= 15 is 0 Å². The van der Waals surface area contributed by atoms with Gasteiger partial charge in [-0.1, -0.05) is 25.2 Å². The van der Waals surface area contributed by atoms with E-state index in [9.17, 15) is 0 Å². The molecule has 0 saturated heterocycles. The first-order valence-corrected chi connectivity index (χ1v) is 5.66. The fourth-order valence-corrected chi connectivity index (χ4v) is 2.21. The number of methoxy groups -OCH3 is 1. The Kier molecular flexibility index (Phi) is 3.57. The molecule has 0 unspecified atom stereocenters. The molecule has 0 bridgehead atoms. The van der Waals surface area contributed by atoms with Crippen LogP contribution >= 0.6 is 11.3 Å². The molecule has 15 heavy (non-hydrogen) atoms. The number of nitrogens with zero attached hydrogens (tertiary/aromatic N) is 2. The molecule has 0 aliphatic heterocycles. The van der Waals surface area contributed by atoms with Crippen molar-refractivity contribution in [1.29, 1.82) is 0 Å². The molecule has 0 saturated carbocycles. The maximum absolute atomic E-state index is 5.76. The summed E-state index contributed by atoms with van der Waals surface area (Å²) in [7, 11) is 5.58. The van der Waals surface area contributed by atoms with Gasteiger partial charge in [0.1, 0.15) is 0 Å². The van der Waals surface area contributed by atoms with E-state index in [4.69, 9.17) is 10.5 Å². The van der Waals surface area contributed by atoms with E-state index in [1.54, 1.807) is 18.4 Å². The van der Waals surface area contributed by atoms with Crippen LogP contribution in [0.4, 0.5) is 5.13 Å². The first kappa shape index (κ1) is 12.3. The Labute approximate surface area is 95.1 Å². The third-order valence-electron chi connectivity index (χ3n) is 2.29. The lowest BCUT2D eigenvalue weighted by Gasteiger charge is -2.20. The van der Waals surface area contributed by atoms with E-state index in [0.717, 1.165) is 10.0 Å². The number of ether oxygens (including phenoxy) is 1. The van der Waals surface area contributed by atoms with Crippen molar-refractivity contribution in [3.05, 3.63) is 4.88 Å². The Hall–Kier alpha value is -0.810. The largest absolute Gasteiger partial charge is 0.480 e. The molecule has 1 aromatic rings. The first-order chi connectivity index (χ1) is 6.92. The molecule has 5 heteroatoms. The number of rotatable bonds is 4. The molecule has 1 heterocycles. The molecule has 0 radical (unpaired) electrons. The maximum Gasteiger partial charge on any atom is 0.229 e. The predicted molar refractivity (Wildman–Crippen MR) is 65.1 cm³/mol. The molecule has 0 aliphatic carbocycles. The Bertz CT molecular complexity index is 333. The van der Waals surface area contributed by atoms with Crippen molar-refractivity contribution in [3.8, 4) is 5.88 Å². The summed E-state index contributed by atoms with van der Waals surface area (Å²) in [6, 6.07) is 0. The van der Waals surface area contributed by atoms with Crippen LogP contribution in [-0.4, -0.2) is 32.7 Å². The highest BCUT2D eigenvalue weighted by molar-refractivity contribution is 7.16. The monoisotopic (exact) mass is 229 g/mol. The molecule has 0 amide bonds. The lowest BCUT2D eigenvalue weighted by Crippen LogP contribution is -2.27. The summed E-state index contributed by atoms with van der Waals surface area (Å²) in [5.74, 6) is 0.694. The van der Waals surface area contributed by atoms with E-state index in [2.05, 4.69) is 18.8 Å². The van der Waals surface area contributed by atoms with Crippen molar-refractivity contribution in [3.63, 3.8) is 0 Å². The fourth-order valence-electron chi connectivity index (χ4n) is 1.15. The predicted octanol–water partition coefficient (Wildman–Crippen LogP) is 1.45. The lowest BCUT2D eigenvalue weighted by molar-refractivity contribution is 0.383. The van der Waals surface area contributed by atoms with Gasteiger partial charge in [0.05, 0.1) is 12.0 Å². The molecule has 0 spiro atoms.